The van der Waals surface area contributed by atoms with Gasteiger partial charge in [0.25, 0.3) is 0 Å². The minimum atomic E-state index is -3.33. The van der Waals surface area contributed by atoms with E-state index in [0.29, 0.717) is 17.0 Å². The highest BCUT2D eigenvalue weighted by Crippen LogP contribution is 2.36. The number of hydrogen-bond donors (Lipinski definition) is 2. The van der Waals surface area contributed by atoms with E-state index < -0.39 is 10.0 Å². The summed E-state index contributed by atoms with van der Waals surface area (Å²) in [5.74, 6) is 0.330. The van der Waals surface area contributed by atoms with E-state index in [1.54, 1.807) is 18.2 Å². The van der Waals surface area contributed by atoms with Crippen molar-refractivity contribution in [1.82, 2.24) is 9.97 Å². The second-order valence-electron chi connectivity index (χ2n) is 4.66. The third kappa shape index (κ3) is 2.99. The molecule has 0 aliphatic carbocycles. The third-order valence-electron chi connectivity index (χ3n) is 2.89. The Bertz CT molecular complexity index is 969. The number of nitrogens with zero attached hydrogens (tertiary/aromatic N) is 2. The molecule has 22 heavy (non-hydrogen) atoms. The van der Waals surface area contributed by atoms with Crippen molar-refractivity contribution >= 4 is 54.7 Å². The Labute approximate surface area is 136 Å². The topological polar surface area (TPSA) is 98.0 Å². The zero-order chi connectivity index (χ0) is 15.9. The molecular formula is C13H11ClN4O2S2. The molecule has 6 nitrogen and oxygen atoms in total. The summed E-state index contributed by atoms with van der Waals surface area (Å²) in [7, 11) is -3.33. The van der Waals surface area contributed by atoms with E-state index in [4.69, 9.17) is 17.3 Å². The summed E-state index contributed by atoms with van der Waals surface area (Å²) in [6.07, 6.45) is 1.10. The number of fused-ring (bicyclic) bond motifs is 1. The summed E-state index contributed by atoms with van der Waals surface area (Å²) >= 11 is 7.29. The highest BCUT2D eigenvalue weighted by atomic mass is 35.5. The average molecular weight is 355 g/mol. The maximum atomic E-state index is 11.3. The third-order valence-corrected chi connectivity index (χ3v) is 4.66. The molecule has 0 bridgehead atoms. The van der Waals surface area contributed by atoms with Crippen LogP contribution in [0.1, 0.15) is 0 Å². The lowest BCUT2D eigenvalue weighted by atomic mass is 10.1. The van der Waals surface area contributed by atoms with Crippen LogP contribution in [-0.2, 0) is 10.0 Å². The molecule has 114 valence electrons. The van der Waals surface area contributed by atoms with Crippen LogP contribution in [-0.4, -0.2) is 24.6 Å². The number of hydrogen-bond acceptors (Lipinski definition) is 6. The van der Waals surface area contributed by atoms with Crippen molar-refractivity contribution in [1.29, 1.82) is 0 Å². The van der Waals surface area contributed by atoms with Gasteiger partial charge in [0.15, 0.2) is 0 Å². The van der Waals surface area contributed by atoms with Crippen molar-refractivity contribution in [3.8, 4) is 11.1 Å². The molecule has 0 aliphatic heterocycles. The first-order valence-corrected chi connectivity index (χ1v) is 9.27. The zero-order valence-corrected chi connectivity index (χ0v) is 13.8. The molecule has 0 fully saturated rings. The highest BCUT2D eigenvalue weighted by molar-refractivity contribution is 7.92. The SMILES string of the molecule is CS(=O)(=O)Nc1cccc(-c2csc3c(N)nc(Cl)nc23)c1. The smallest absolute Gasteiger partial charge is 0.229 e. The van der Waals surface area contributed by atoms with Gasteiger partial charge in [-0.15, -0.1) is 11.3 Å². The molecule has 0 amide bonds. The first-order valence-electron chi connectivity index (χ1n) is 6.12. The van der Waals surface area contributed by atoms with E-state index in [-0.39, 0.29) is 5.28 Å². The van der Waals surface area contributed by atoms with Crippen LogP contribution >= 0.6 is 22.9 Å². The summed E-state index contributed by atoms with van der Waals surface area (Å²) in [6.45, 7) is 0. The van der Waals surface area contributed by atoms with Crippen molar-refractivity contribution in [2.45, 2.75) is 0 Å². The van der Waals surface area contributed by atoms with Gasteiger partial charge >= 0.3 is 0 Å². The van der Waals surface area contributed by atoms with Gasteiger partial charge in [0.2, 0.25) is 15.3 Å². The molecule has 3 rings (SSSR count). The van der Waals surface area contributed by atoms with E-state index in [1.165, 1.54) is 11.3 Å². The van der Waals surface area contributed by atoms with Crippen LogP contribution in [0, 0.1) is 0 Å². The number of anilines is 2. The Kier molecular flexibility index (Phi) is 3.67. The van der Waals surface area contributed by atoms with Crippen LogP contribution in [0.4, 0.5) is 11.5 Å². The van der Waals surface area contributed by atoms with E-state index in [0.717, 1.165) is 22.1 Å². The molecule has 9 heteroatoms. The van der Waals surface area contributed by atoms with Crippen molar-refractivity contribution in [2.24, 2.45) is 0 Å². The predicted octanol–water partition coefficient (Wildman–Crippen LogP) is 2.97. The number of thiophene rings is 1. The number of halogens is 1. The molecule has 2 aromatic heterocycles. The van der Waals surface area contributed by atoms with E-state index >= 15 is 0 Å². The molecule has 0 aliphatic rings. The number of nitrogens with two attached hydrogens (primary N) is 1. The summed E-state index contributed by atoms with van der Waals surface area (Å²) in [5, 5.41) is 1.97. The van der Waals surface area contributed by atoms with Gasteiger partial charge in [-0.05, 0) is 29.3 Å². The van der Waals surface area contributed by atoms with Crippen molar-refractivity contribution in [3.05, 3.63) is 34.9 Å². The second-order valence-corrected chi connectivity index (χ2v) is 7.63. The molecule has 0 atom stereocenters. The summed E-state index contributed by atoms with van der Waals surface area (Å²) in [6, 6.07) is 7.03. The van der Waals surface area contributed by atoms with Crippen molar-refractivity contribution < 1.29 is 8.42 Å². The Hall–Kier alpha value is -1.90. The number of nitrogens with one attached hydrogen (secondary N) is 1. The van der Waals surface area contributed by atoms with Gasteiger partial charge in [-0.2, -0.15) is 4.98 Å². The number of nitrogen functional groups attached to an aromatic ring is 1. The summed E-state index contributed by atoms with van der Waals surface area (Å²) in [5.41, 5.74) is 8.62. The second kappa shape index (κ2) is 5.38. The van der Waals surface area contributed by atoms with Gasteiger partial charge in [-0.1, -0.05) is 12.1 Å². The molecule has 2 heterocycles. The maximum Gasteiger partial charge on any atom is 0.229 e. The normalized spacial score (nSPS) is 11.7. The molecule has 0 unspecified atom stereocenters. The average Bonchev–Trinajstić information content (AvgIpc) is 2.81. The van der Waals surface area contributed by atoms with Crippen molar-refractivity contribution in [2.75, 3.05) is 16.7 Å². The number of benzene rings is 1. The Morgan fingerprint density at radius 2 is 2.09 bits per heavy atom. The van der Waals surface area contributed by atoms with E-state index in [1.807, 2.05) is 11.4 Å². The monoisotopic (exact) mass is 354 g/mol. The lowest BCUT2D eigenvalue weighted by Crippen LogP contribution is -2.09. The maximum absolute atomic E-state index is 11.3. The lowest BCUT2D eigenvalue weighted by molar-refractivity contribution is 0.607. The number of rotatable bonds is 3. The quantitative estimate of drug-likeness (QED) is 0.704. The molecule has 0 saturated heterocycles. The molecule has 0 radical (unpaired) electrons. The van der Waals surface area contributed by atoms with Gasteiger partial charge in [0, 0.05) is 16.6 Å². The fourth-order valence-corrected chi connectivity index (χ4v) is 3.73. The van der Waals surface area contributed by atoms with Crippen LogP contribution < -0.4 is 10.5 Å². The standard InChI is InChI=1S/C13H11ClN4O2S2/c1-22(19,20)18-8-4-2-3-7(5-8)9-6-21-11-10(9)16-13(14)17-12(11)15/h2-6,18H,1H3,(H2,15,16,17). The van der Waals surface area contributed by atoms with Gasteiger partial charge in [0.05, 0.1) is 16.5 Å². The lowest BCUT2D eigenvalue weighted by Gasteiger charge is -2.06. The van der Waals surface area contributed by atoms with Crippen LogP contribution in [0.25, 0.3) is 21.3 Å². The summed E-state index contributed by atoms with van der Waals surface area (Å²) < 4.78 is 25.9. The minimum absolute atomic E-state index is 0.0788. The van der Waals surface area contributed by atoms with Crippen LogP contribution in [0.3, 0.4) is 0 Å². The van der Waals surface area contributed by atoms with Crippen LogP contribution in [0.2, 0.25) is 5.28 Å². The molecule has 0 spiro atoms. The molecular weight excluding hydrogens is 344 g/mol. The highest BCUT2D eigenvalue weighted by Gasteiger charge is 2.13. The molecule has 3 aromatic rings. The van der Waals surface area contributed by atoms with Gasteiger partial charge in [0.1, 0.15) is 5.82 Å². The molecule has 3 N–H and O–H groups in total. The van der Waals surface area contributed by atoms with Crippen molar-refractivity contribution in [3.63, 3.8) is 0 Å². The van der Waals surface area contributed by atoms with Gasteiger partial charge in [-0.25, -0.2) is 13.4 Å². The van der Waals surface area contributed by atoms with E-state index in [9.17, 15) is 8.42 Å². The first kappa shape index (κ1) is 15.0. The molecule has 0 saturated carbocycles. The fraction of sp³-hybridized carbons (Fsp3) is 0.0769. The zero-order valence-electron chi connectivity index (χ0n) is 11.4. The van der Waals surface area contributed by atoms with Crippen LogP contribution in [0.15, 0.2) is 29.6 Å². The Morgan fingerprint density at radius 3 is 2.82 bits per heavy atom. The largest absolute Gasteiger partial charge is 0.382 e. The van der Waals surface area contributed by atoms with Gasteiger partial charge in [-0.3, -0.25) is 4.72 Å². The number of sulfonamides is 1. The summed E-state index contributed by atoms with van der Waals surface area (Å²) in [4.78, 5) is 8.15. The minimum Gasteiger partial charge on any atom is -0.382 e. The van der Waals surface area contributed by atoms with Crippen LogP contribution in [0.5, 0.6) is 0 Å². The molecule has 1 aromatic carbocycles. The fourth-order valence-electron chi connectivity index (χ4n) is 2.08. The first-order chi connectivity index (χ1) is 10.3. The number of aromatic nitrogens is 2. The Morgan fingerprint density at radius 1 is 1.32 bits per heavy atom. The van der Waals surface area contributed by atoms with E-state index in [2.05, 4.69) is 14.7 Å². The predicted molar refractivity (Wildman–Crippen MR) is 90.7 cm³/mol. The van der Waals surface area contributed by atoms with Gasteiger partial charge < -0.3 is 5.73 Å². The Balaban J connectivity index is 2.14.